The molecule has 0 saturated carbocycles. The van der Waals surface area contributed by atoms with Crippen LogP contribution in [-0.4, -0.2) is 58.6 Å². The van der Waals surface area contributed by atoms with Gasteiger partial charge in [-0.05, 0) is 32.3 Å². The van der Waals surface area contributed by atoms with E-state index in [1.807, 2.05) is 73.0 Å². The molecule has 0 aliphatic rings. The maximum Gasteiger partial charge on any atom is 0.294 e. The van der Waals surface area contributed by atoms with Gasteiger partial charge in [0.2, 0.25) is 5.95 Å². The van der Waals surface area contributed by atoms with Gasteiger partial charge in [0.1, 0.15) is 5.69 Å². The Morgan fingerprint density at radius 1 is 1.15 bits per heavy atom. The molecule has 4 rings (SSSR count). The van der Waals surface area contributed by atoms with Crippen LogP contribution in [0.2, 0.25) is 5.02 Å². The number of para-hydroxylation sites is 1. The molecular weight excluding hydrogens is 454 g/mol. The summed E-state index contributed by atoms with van der Waals surface area (Å²) in [4.78, 5) is 24.2. The number of aromatic nitrogens is 3. The summed E-state index contributed by atoms with van der Waals surface area (Å²) in [6.07, 6.45) is 3.67. The smallest absolute Gasteiger partial charge is 0.294 e. The molecule has 2 aromatic carbocycles. The summed E-state index contributed by atoms with van der Waals surface area (Å²) in [7, 11) is 7.71. The van der Waals surface area contributed by atoms with Crippen molar-refractivity contribution in [2.45, 2.75) is 0 Å². The van der Waals surface area contributed by atoms with Gasteiger partial charge in [-0.15, -0.1) is 0 Å². The Morgan fingerprint density at radius 3 is 2.65 bits per heavy atom. The number of anilines is 3. The Morgan fingerprint density at radius 2 is 1.91 bits per heavy atom. The van der Waals surface area contributed by atoms with Crippen molar-refractivity contribution in [1.82, 2.24) is 19.4 Å². The third-order valence-corrected chi connectivity index (χ3v) is 5.94. The van der Waals surface area contributed by atoms with Gasteiger partial charge in [-0.1, -0.05) is 29.8 Å². The van der Waals surface area contributed by atoms with Gasteiger partial charge in [-0.25, -0.2) is 9.97 Å². The molecule has 0 fully saturated rings. The first-order valence-electron chi connectivity index (χ1n) is 10.7. The van der Waals surface area contributed by atoms with Gasteiger partial charge in [-0.2, -0.15) is 0 Å². The fourth-order valence-corrected chi connectivity index (χ4v) is 4.01. The van der Waals surface area contributed by atoms with E-state index in [-0.39, 0.29) is 5.69 Å². The van der Waals surface area contributed by atoms with Crippen LogP contribution in [0.15, 0.2) is 54.9 Å². The van der Waals surface area contributed by atoms with Gasteiger partial charge in [0.15, 0.2) is 0 Å². The van der Waals surface area contributed by atoms with Crippen LogP contribution in [0.4, 0.5) is 23.0 Å². The maximum absolute atomic E-state index is 11.8. The number of hydrogen-bond donors (Lipinski definition) is 1. The van der Waals surface area contributed by atoms with Crippen LogP contribution in [0.1, 0.15) is 0 Å². The summed E-state index contributed by atoms with van der Waals surface area (Å²) in [5.41, 5.74) is 3.58. The SMILES string of the molecule is CN(C)CCN(C)c1cc(Cl)c(Nc2nccc(-c3cn(C)c4ccccc34)n2)cc1[N+](=O)[O-]. The van der Waals surface area contributed by atoms with Crippen LogP contribution in [0, 0.1) is 10.1 Å². The van der Waals surface area contributed by atoms with E-state index in [0.717, 1.165) is 28.7 Å². The second kappa shape index (κ2) is 9.66. The van der Waals surface area contributed by atoms with Gasteiger partial charge in [0, 0.05) is 62.1 Å². The first-order chi connectivity index (χ1) is 16.2. The summed E-state index contributed by atoms with van der Waals surface area (Å²) >= 11 is 6.52. The molecule has 0 radical (unpaired) electrons. The quantitative estimate of drug-likeness (QED) is 0.282. The van der Waals surface area contributed by atoms with E-state index in [1.54, 1.807) is 12.3 Å². The molecule has 0 saturated heterocycles. The van der Waals surface area contributed by atoms with Gasteiger partial charge in [0.25, 0.3) is 5.69 Å². The van der Waals surface area contributed by atoms with Crippen molar-refractivity contribution in [2.75, 3.05) is 44.4 Å². The van der Waals surface area contributed by atoms with E-state index in [1.165, 1.54) is 6.07 Å². The van der Waals surface area contributed by atoms with Gasteiger partial charge in [0.05, 0.1) is 21.3 Å². The maximum atomic E-state index is 11.8. The van der Waals surface area contributed by atoms with E-state index >= 15 is 0 Å². The van der Waals surface area contributed by atoms with E-state index < -0.39 is 4.92 Å². The summed E-state index contributed by atoms with van der Waals surface area (Å²) in [5, 5.41) is 16.3. The topological polar surface area (TPSA) is 92.4 Å². The number of halogens is 1. The molecule has 10 heteroatoms. The van der Waals surface area contributed by atoms with Crippen LogP contribution in [0.25, 0.3) is 22.2 Å². The Kier molecular flexibility index (Phi) is 6.67. The van der Waals surface area contributed by atoms with Crippen LogP contribution >= 0.6 is 11.6 Å². The zero-order chi connectivity index (χ0) is 24.4. The molecule has 0 atom stereocenters. The molecule has 9 nitrogen and oxygen atoms in total. The molecule has 2 heterocycles. The van der Waals surface area contributed by atoms with Crippen molar-refractivity contribution in [1.29, 1.82) is 0 Å². The number of nitro benzene ring substituents is 1. The highest BCUT2D eigenvalue weighted by atomic mass is 35.5. The third-order valence-electron chi connectivity index (χ3n) is 5.63. The number of fused-ring (bicyclic) bond motifs is 1. The molecule has 0 aliphatic heterocycles. The largest absolute Gasteiger partial charge is 0.368 e. The molecular formula is C24H26ClN7O2. The molecule has 4 aromatic rings. The minimum atomic E-state index is -0.406. The van der Waals surface area contributed by atoms with Crippen molar-refractivity contribution in [3.63, 3.8) is 0 Å². The Hall–Kier alpha value is -3.69. The van der Waals surface area contributed by atoms with Gasteiger partial charge in [-0.3, -0.25) is 10.1 Å². The number of benzene rings is 2. The van der Waals surface area contributed by atoms with Crippen LogP contribution < -0.4 is 10.2 Å². The summed E-state index contributed by atoms with van der Waals surface area (Å²) in [5.74, 6) is 0.301. The zero-order valence-electron chi connectivity index (χ0n) is 19.5. The second-order valence-electron chi connectivity index (χ2n) is 8.36. The lowest BCUT2D eigenvalue weighted by molar-refractivity contribution is -0.384. The number of rotatable bonds is 8. The van der Waals surface area contributed by atoms with E-state index in [4.69, 9.17) is 11.6 Å². The minimum absolute atomic E-state index is 0.0432. The number of likely N-dealkylation sites (N-methyl/N-ethyl adjacent to an activating group) is 2. The summed E-state index contributed by atoms with van der Waals surface area (Å²) < 4.78 is 2.05. The number of aryl methyl sites for hydroxylation is 1. The highest BCUT2D eigenvalue weighted by molar-refractivity contribution is 6.33. The van der Waals surface area contributed by atoms with Crippen molar-refractivity contribution in [2.24, 2.45) is 7.05 Å². The Balaban J connectivity index is 1.66. The number of nitrogens with zero attached hydrogens (tertiary/aromatic N) is 6. The summed E-state index contributed by atoms with van der Waals surface area (Å²) in [6.45, 7) is 1.37. The molecule has 0 amide bonds. The van der Waals surface area contributed by atoms with Crippen molar-refractivity contribution in [3.05, 3.63) is 70.0 Å². The third kappa shape index (κ3) is 4.80. The van der Waals surface area contributed by atoms with E-state index in [9.17, 15) is 10.1 Å². The minimum Gasteiger partial charge on any atom is -0.368 e. The molecule has 34 heavy (non-hydrogen) atoms. The van der Waals surface area contributed by atoms with Crippen LogP contribution in [0.5, 0.6) is 0 Å². The lowest BCUT2D eigenvalue weighted by Gasteiger charge is -2.22. The number of nitrogens with one attached hydrogen (secondary N) is 1. The molecule has 176 valence electrons. The molecule has 0 spiro atoms. The molecule has 0 aliphatic carbocycles. The fraction of sp³-hybridized carbons (Fsp3) is 0.250. The van der Waals surface area contributed by atoms with Crippen molar-refractivity contribution < 1.29 is 4.92 Å². The predicted molar refractivity (Wildman–Crippen MR) is 137 cm³/mol. The molecule has 1 N–H and O–H groups in total. The van der Waals surface area contributed by atoms with Gasteiger partial charge < -0.3 is 19.7 Å². The number of nitro groups is 1. The fourth-order valence-electron chi connectivity index (χ4n) is 3.80. The van der Waals surface area contributed by atoms with E-state index in [2.05, 4.69) is 21.4 Å². The van der Waals surface area contributed by atoms with Gasteiger partial charge >= 0.3 is 0 Å². The zero-order valence-corrected chi connectivity index (χ0v) is 20.2. The molecule has 0 unspecified atom stereocenters. The van der Waals surface area contributed by atoms with Crippen molar-refractivity contribution in [3.8, 4) is 11.3 Å². The molecule has 2 aromatic heterocycles. The second-order valence-corrected chi connectivity index (χ2v) is 8.77. The highest BCUT2D eigenvalue weighted by Crippen LogP contribution is 2.37. The monoisotopic (exact) mass is 479 g/mol. The first-order valence-corrected chi connectivity index (χ1v) is 11.1. The van der Waals surface area contributed by atoms with Crippen LogP contribution in [0.3, 0.4) is 0 Å². The standard InChI is InChI=1S/C24H26ClN7O2/c1-29(2)11-12-30(3)22-13-18(25)20(14-23(22)32(33)34)28-24-26-10-9-19(27-24)17-15-31(4)21-8-6-5-7-16(17)21/h5-10,13-15H,11-12H2,1-4H3,(H,26,27,28). The predicted octanol–water partition coefficient (Wildman–Crippen LogP) is 4.94. The summed E-state index contributed by atoms with van der Waals surface area (Å²) in [6, 6.07) is 12.9. The van der Waals surface area contributed by atoms with Crippen LogP contribution in [-0.2, 0) is 7.05 Å². The average Bonchev–Trinajstić information content (AvgIpc) is 3.15. The highest BCUT2D eigenvalue weighted by Gasteiger charge is 2.21. The first kappa shape index (κ1) is 23.5. The van der Waals surface area contributed by atoms with E-state index in [0.29, 0.717) is 28.9 Å². The lowest BCUT2D eigenvalue weighted by atomic mass is 10.1. The average molecular weight is 480 g/mol. The Labute approximate surface area is 202 Å². The van der Waals surface area contributed by atoms with Crippen molar-refractivity contribution >= 4 is 45.5 Å². The number of hydrogen-bond acceptors (Lipinski definition) is 7. The normalized spacial score (nSPS) is 11.2. The Bertz CT molecular complexity index is 1350. The molecule has 0 bridgehead atoms. The lowest BCUT2D eigenvalue weighted by Crippen LogP contribution is -2.28.